The third kappa shape index (κ3) is 3.14. The molecule has 0 N–H and O–H groups in total. The zero-order chi connectivity index (χ0) is 26.9. The molecule has 9 rings (SSSR count). The van der Waals surface area contributed by atoms with E-state index in [4.69, 9.17) is 0 Å². The second-order valence-electron chi connectivity index (χ2n) is 10.7. The first-order valence-corrected chi connectivity index (χ1v) is 14.0. The monoisotopic (exact) mass is 523 g/mol. The van der Waals surface area contributed by atoms with E-state index in [1.165, 1.54) is 65.9 Å². The second-order valence-corrected chi connectivity index (χ2v) is 10.7. The Balaban J connectivity index is 1.45. The summed E-state index contributed by atoms with van der Waals surface area (Å²) in [5, 5.41) is 6.29. The summed E-state index contributed by atoms with van der Waals surface area (Å²) in [6, 6.07) is 52.4. The summed E-state index contributed by atoms with van der Waals surface area (Å²) >= 11 is 0. The highest BCUT2D eigenvalue weighted by Crippen LogP contribution is 2.41. The lowest BCUT2D eigenvalue weighted by molar-refractivity contribution is 1.10. The van der Waals surface area contributed by atoms with E-state index >= 15 is 0 Å². The lowest BCUT2D eigenvalue weighted by Crippen LogP contribution is -1.95. The molecule has 0 aliphatic carbocycles. The van der Waals surface area contributed by atoms with Crippen LogP contribution in [-0.2, 0) is 0 Å². The number of benzene rings is 6. The Labute approximate surface area is 236 Å². The maximum Gasteiger partial charge on any atom is 0.0721 e. The molecule has 41 heavy (non-hydrogen) atoms. The summed E-state index contributed by atoms with van der Waals surface area (Å²) in [7, 11) is 0. The van der Waals surface area contributed by atoms with Crippen molar-refractivity contribution in [3.05, 3.63) is 152 Å². The van der Waals surface area contributed by atoms with Gasteiger partial charge >= 0.3 is 0 Å². The van der Waals surface area contributed by atoms with Crippen molar-refractivity contribution in [2.75, 3.05) is 0 Å². The smallest absolute Gasteiger partial charge is 0.0721 e. The fourth-order valence-electron chi connectivity index (χ4n) is 6.69. The van der Waals surface area contributed by atoms with Crippen molar-refractivity contribution < 1.29 is 0 Å². The van der Waals surface area contributed by atoms with Crippen LogP contribution in [0.2, 0.25) is 0 Å². The predicted molar refractivity (Wildman–Crippen MR) is 172 cm³/mol. The van der Waals surface area contributed by atoms with Crippen molar-refractivity contribution in [1.82, 2.24) is 13.7 Å². The molecule has 6 aromatic carbocycles. The highest BCUT2D eigenvalue weighted by molar-refractivity contribution is 6.19. The Morgan fingerprint density at radius 1 is 0.317 bits per heavy atom. The van der Waals surface area contributed by atoms with Gasteiger partial charge in [0.2, 0.25) is 0 Å². The highest BCUT2D eigenvalue weighted by Gasteiger charge is 2.20. The Hall–Kier alpha value is -5.54. The van der Waals surface area contributed by atoms with Crippen LogP contribution in [0.25, 0.3) is 71.6 Å². The van der Waals surface area contributed by atoms with Crippen LogP contribution in [0.5, 0.6) is 0 Å². The molecule has 3 heteroatoms. The van der Waals surface area contributed by atoms with E-state index in [1.54, 1.807) is 0 Å². The lowest BCUT2D eigenvalue weighted by atomic mass is 10.1. The van der Waals surface area contributed by atoms with Crippen molar-refractivity contribution in [2.24, 2.45) is 0 Å². The number of para-hydroxylation sites is 5. The molecular formula is C38H25N3. The van der Waals surface area contributed by atoms with Crippen molar-refractivity contribution in [2.45, 2.75) is 0 Å². The molecule has 0 saturated carbocycles. The fraction of sp³-hybridized carbons (Fsp3) is 0. The van der Waals surface area contributed by atoms with Gasteiger partial charge in [0, 0.05) is 44.5 Å². The van der Waals surface area contributed by atoms with Gasteiger partial charge in [-0.3, -0.25) is 0 Å². The maximum atomic E-state index is 2.46. The number of nitrogens with zero attached hydrogens (tertiary/aromatic N) is 3. The summed E-state index contributed by atoms with van der Waals surface area (Å²) in [5.74, 6) is 0. The molecule has 3 nitrogen and oxygen atoms in total. The number of fused-ring (bicyclic) bond motifs is 7. The SMILES string of the molecule is c1ccc(-n2cc(-n3c4ccccc4c4cc5c6ccccc6n(-c6ccccc6)c5cc43)c3ccccc32)cc1. The van der Waals surface area contributed by atoms with E-state index in [1.807, 2.05) is 0 Å². The molecule has 0 fully saturated rings. The summed E-state index contributed by atoms with van der Waals surface area (Å²) < 4.78 is 7.17. The van der Waals surface area contributed by atoms with Crippen molar-refractivity contribution >= 4 is 54.5 Å². The number of hydrogen-bond acceptors (Lipinski definition) is 0. The molecule has 0 aliphatic rings. The largest absolute Gasteiger partial charge is 0.314 e. The van der Waals surface area contributed by atoms with Gasteiger partial charge in [0.25, 0.3) is 0 Å². The number of hydrogen-bond donors (Lipinski definition) is 0. The van der Waals surface area contributed by atoms with Crippen LogP contribution in [0.4, 0.5) is 0 Å². The van der Waals surface area contributed by atoms with Crippen LogP contribution < -0.4 is 0 Å². The molecule has 3 heterocycles. The van der Waals surface area contributed by atoms with E-state index in [-0.39, 0.29) is 0 Å². The van der Waals surface area contributed by atoms with Gasteiger partial charge in [-0.2, -0.15) is 0 Å². The Bertz CT molecular complexity index is 2400. The first-order valence-electron chi connectivity index (χ1n) is 14.0. The van der Waals surface area contributed by atoms with Crippen LogP contribution in [-0.4, -0.2) is 13.7 Å². The molecule has 0 radical (unpaired) electrons. The highest BCUT2D eigenvalue weighted by atomic mass is 15.1. The van der Waals surface area contributed by atoms with Crippen LogP contribution in [0.15, 0.2) is 152 Å². The average molecular weight is 524 g/mol. The first-order chi connectivity index (χ1) is 20.4. The molecule has 0 spiro atoms. The molecule has 0 atom stereocenters. The third-order valence-corrected chi connectivity index (χ3v) is 8.45. The topological polar surface area (TPSA) is 14.8 Å². The van der Waals surface area contributed by atoms with Gasteiger partial charge in [0.15, 0.2) is 0 Å². The normalized spacial score (nSPS) is 11.9. The molecule has 0 saturated heterocycles. The third-order valence-electron chi connectivity index (χ3n) is 8.45. The summed E-state index contributed by atoms with van der Waals surface area (Å²) in [6.45, 7) is 0. The van der Waals surface area contributed by atoms with E-state index in [2.05, 4.69) is 165 Å². The molecule has 192 valence electrons. The van der Waals surface area contributed by atoms with Gasteiger partial charge in [0.05, 0.1) is 33.3 Å². The zero-order valence-corrected chi connectivity index (χ0v) is 22.3. The maximum absolute atomic E-state index is 2.46. The molecule has 0 bridgehead atoms. The molecular weight excluding hydrogens is 498 g/mol. The molecule has 9 aromatic rings. The molecule has 3 aromatic heterocycles. The minimum absolute atomic E-state index is 1.15. The van der Waals surface area contributed by atoms with Gasteiger partial charge in [-0.05, 0) is 54.6 Å². The second kappa shape index (κ2) is 8.48. The van der Waals surface area contributed by atoms with Crippen LogP contribution in [0.3, 0.4) is 0 Å². The van der Waals surface area contributed by atoms with E-state index in [0.717, 1.165) is 5.69 Å². The minimum atomic E-state index is 1.15. The average Bonchev–Trinajstić information content (AvgIpc) is 3.68. The quantitative estimate of drug-likeness (QED) is 0.219. The molecule has 0 aliphatic heterocycles. The van der Waals surface area contributed by atoms with Gasteiger partial charge in [-0.25, -0.2) is 0 Å². The van der Waals surface area contributed by atoms with Crippen molar-refractivity contribution in [3.63, 3.8) is 0 Å². The number of aromatic nitrogens is 3. The van der Waals surface area contributed by atoms with Crippen molar-refractivity contribution in [3.8, 4) is 17.1 Å². The fourth-order valence-corrected chi connectivity index (χ4v) is 6.69. The van der Waals surface area contributed by atoms with Gasteiger partial charge in [0.1, 0.15) is 0 Å². The zero-order valence-electron chi connectivity index (χ0n) is 22.3. The van der Waals surface area contributed by atoms with Crippen LogP contribution >= 0.6 is 0 Å². The number of rotatable bonds is 3. The Morgan fingerprint density at radius 2 is 0.805 bits per heavy atom. The minimum Gasteiger partial charge on any atom is -0.314 e. The standard InChI is InChI=1S/C38H25N3/c1-3-13-26(14-4-1)39-25-38(30-19-9-10-20-33(30)39)41-35-22-12-8-18-29(35)32-23-31-28-17-7-11-21-34(28)40(36(31)24-37(32)41)27-15-5-2-6-16-27/h1-25H. The molecule has 0 unspecified atom stereocenters. The van der Waals surface area contributed by atoms with Gasteiger partial charge in [-0.15, -0.1) is 0 Å². The van der Waals surface area contributed by atoms with E-state index < -0.39 is 0 Å². The lowest BCUT2D eigenvalue weighted by Gasteiger charge is -2.09. The first kappa shape index (κ1) is 22.3. The van der Waals surface area contributed by atoms with Crippen LogP contribution in [0.1, 0.15) is 0 Å². The summed E-state index contributed by atoms with van der Waals surface area (Å²) in [4.78, 5) is 0. The Morgan fingerprint density at radius 3 is 1.46 bits per heavy atom. The predicted octanol–water partition coefficient (Wildman–Crippen LogP) is 9.82. The van der Waals surface area contributed by atoms with Gasteiger partial charge in [-0.1, -0.05) is 91.0 Å². The van der Waals surface area contributed by atoms with E-state index in [9.17, 15) is 0 Å². The van der Waals surface area contributed by atoms with Crippen LogP contribution in [0, 0.1) is 0 Å². The van der Waals surface area contributed by atoms with Crippen molar-refractivity contribution in [1.29, 1.82) is 0 Å². The molecule has 0 amide bonds. The van der Waals surface area contributed by atoms with Gasteiger partial charge < -0.3 is 13.7 Å². The summed E-state index contributed by atoms with van der Waals surface area (Å²) in [5.41, 5.74) is 9.54. The van der Waals surface area contributed by atoms with E-state index in [0.29, 0.717) is 0 Å². The summed E-state index contributed by atoms with van der Waals surface area (Å²) in [6.07, 6.45) is 2.29. The Kier molecular flexibility index (Phi) is 4.61.